The Morgan fingerprint density at radius 1 is 1.11 bits per heavy atom. The van der Waals surface area contributed by atoms with E-state index in [2.05, 4.69) is 49.7 Å². The van der Waals surface area contributed by atoms with Crippen LogP contribution in [-0.4, -0.2) is 35.1 Å². The molecule has 0 fully saturated rings. The fourth-order valence-corrected chi connectivity index (χ4v) is 2.69. The first-order valence-electron chi connectivity index (χ1n) is 6.76. The lowest BCUT2D eigenvalue weighted by molar-refractivity contribution is 0.688. The zero-order valence-electron chi connectivity index (χ0n) is 11.7. The Morgan fingerprint density at radius 3 is 2.47 bits per heavy atom. The topological polar surface area (TPSA) is 49.8 Å². The molecule has 19 heavy (non-hydrogen) atoms. The Bertz CT molecular complexity index is 362. The van der Waals surface area contributed by atoms with E-state index in [4.69, 9.17) is 0 Å². The van der Waals surface area contributed by atoms with Gasteiger partial charge in [-0.1, -0.05) is 12.8 Å². The van der Waals surface area contributed by atoms with E-state index in [-0.39, 0.29) is 0 Å². The molecule has 0 aliphatic rings. The van der Waals surface area contributed by atoms with Crippen molar-refractivity contribution in [2.75, 3.05) is 35.7 Å². The molecule has 0 bridgehead atoms. The SMILES string of the molecule is CCNc1ncnc(NCCCCCCSC)c1Br. The number of anilines is 2. The van der Waals surface area contributed by atoms with Crippen molar-refractivity contribution in [3.8, 4) is 0 Å². The third kappa shape index (κ3) is 6.47. The number of thioether (sulfide) groups is 1. The summed E-state index contributed by atoms with van der Waals surface area (Å²) in [5.74, 6) is 2.99. The largest absolute Gasteiger partial charge is 0.369 e. The Balaban J connectivity index is 2.27. The highest BCUT2D eigenvalue weighted by Crippen LogP contribution is 2.26. The van der Waals surface area contributed by atoms with Gasteiger partial charge in [-0.25, -0.2) is 9.97 Å². The second-order valence-corrected chi connectivity index (χ2v) is 6.03. The lowest BCUT2D eigenvalue weighted by Gasteiger charge is -2.10. The van der Waals surface area contributed by atoms with E-state index >= 15 is 0 Å². The molecule has 0 amide bonds. The Hall–Kier alpha value is -0.490. The summed E-state index contributed by atoms with van der Waals surface area (Å²) >= 11 is 5.46. The predicted octanol–water partition coefficient (Wildman–Crippen LogP) is 4.01. The van der Waals surface area contributed by atoms with E-state index in [1.807, 2.05) is 11.8 Å². The number of aromatic nitrogens is 2. The lowest BCUT2D eigenvalue weighted by atomic mass is 10.2. The summed E-state index contributed by atoms with van der Waals surface area (Å²) in [5, 5.41) is 6.56. The van der Waals surface area contributed by atoms with Gasteiger partial charge in [-0.05, 0) is 47.7 Å². The van der Waals surface area contributed by atoms with Gasteiger partial charge in [-0.2, -0.15) is 11.8 Å². The van der Waals surface area contributed by atoms with E-state index in [1.54, 1.807) is 6.33 Å². The maximum absolute atomic E-state index is 4.26. The molecule has 0 spiro atoms. The van der Waals surface area contributed by atoms with Crippen LogP contribution in [0.25, 0.3) is 0 Å². The minimum absolute atomic E-state index is 0.847. The van der Waals surface area contributed by atoms with Crippen molar-refractivity contribution in [1.29, 1.82) is 0 Å². The first kappa shape index (κ1) is 16.6. The minimum atomic E-state index is 0.847. The van der Waals surface area contributed by atoms with Gasteiger partial charge in [-0.3, -0.25) is 0 Å². The average molecular weight is 347 g/mol. The minimum Gasteiger partial charge on any atom is -0.369 e. The second kappa shape index (κ2) is 10.3. The van der Waals surface area contributed by atoms with E-state index in [9.17, 15) is 0 Å². The lowest BCUT2D eigenvalue weighted by Crippen LogP contribution is -2.07. The molecule has 0 aliphatic heterocycles. The first-order chi connectivity index (χ1) is 9.29. The summed E-state index contributed by atoms with van der Waals surface area (Å²) < 4.78 is 0.916. The van der Waals surface area contributed by atoms with Crippen molar-refractivity contribution in [3.05, 3.63) is 10.8 Å². The van der Waals surface area contributed by atoms with Crippen LogP contribution in [0, 0.1) is 0 Å². The maximum atomic E-state index is 4.26. The van der Waals surface area contributed by atoms with Gasteiger partial charge in [0, 0.05) is 13.1 Å². The molecule has 0 unspecified atom stereocenters. The van der Waals surface area contributed by atoms with Crippen LogP contribution in [0.2, 0.25) is 0 Å². The highest BCUT2D eigenvalue weighted by molar-refractivity contribution is 9.10. The van der Waals surface area contributed by atoms with Crippen LogP contribution in [0.5, 0.6) is 0 Å². The van der Waals surface area contributed by atoms with Crippen LogP contribution in [0.3, 0.4) is 0 Å². The molecular weight excluding hydrogens is 324 g/mol. The number of nitrogens with zero attached hydrogens (tertiary/aromatic N) is 2. The predicted molar refractivity (Wildman–Crippen MR) is 89.2 cm³/mol. The van der Waals surface area contributed by atoms with E-state index in [0.29, 0.717) is 0 Å². The highest BCUT2D eigenvalue weighted by Gasteiger charge is 2.06. The molecule has 0 radical (unpaired) electrons. The molecule has 0 saturated carbocycles. The summed E-state index contributed by atoms with van der Waals surface area (Å²) in [5.41, 5.74) is 0. The van der Waals surface area contributed by atoms with Gasteiger partial charge in [0.2, 0.25) is 0 Å². The smallest absolute Gasteiger partial charge is 0.145 e. The van der Waals surface area contributed by atoms with Crippen LogP contribution in [0.15, 0.2) is 10.8 Å². The summed E-state index contributed by atoms with van der Waals surface area (Å²) in [6.45, 7) is 3.86. The van der Waals surface area contributed by atoms with Crippen molar-refractivity contribution in [2.45, 2.75) is 32.6 Å². The third-order valence-corrected chi connectivity index (χ3v) is 4.15. The van der Waals surface area contributed by atoms with Crippen LogP contribution in [0.4, 0.5) is 11.6 Å². The van der Waals surface area contributed by atoms with Gasteiger partial charge in [0.1, 0.15) is 22.4 Å². The second-order valence-electron chi connectivity index (χ2n) is 4.25. The fraction of sp³-hybridized carbons (Fsp3) is 0.692. The molecule has 6 heteroatoms. The number of unbranched alkanes of at least 4 members (excludes halogenated alkanes) is 3. The average Bonchev–Trinajstić information content (AvgIpc) is 2.42. The van der Waals surface area contributed by atoms with Gasteiger partial charge in [0.25, 0.3) is 0 Å². The number of hydrogen-bond donors (Lipinski definition) is 2. The van der Waals surface area contributed by atoms with Crippen LogP contribution in [0.1, 0.15) is 32.6 Å². The van der Waals surface area contributed by atoms with Crippen molar-refractivity contribution in [2.24, 2.45) is 0 Å². The summed E-state index contributed by atoms with van der Waals surface area (Å²) in [7, 11) is 0. The van der Waals surface area contributed by atoms with Gasteiger partial charge in [0.15, 0.2) is 0 Å². The fourth-order valence-electron chi connectivity index (χ4n) is 1.72. The zero-order chi connectivity index (χ0) is 13.9. The summed E-state index contributed by atoms with van der Waals surface area (Å²) in [6, 6.07) is 0. The van der Waals surface area contributed by atoms with Crippen LogP contribution >= 0.6 is 27.7 Å². The molecule has 4 nitrogen and oxygen atoms in total. The van der Waals surface area contributed by atoms with Crippen LogP contribution in [-0.2, 0) is 0 Å². The Morgan fingerprint density at radius 2 is 1.79 bits per heavy atom. The Labute approximate surface area is 128 Å². The summed E-state index contributed by atoms with van der Waals surface area (Å²) in [6.07, 6.45) is 8.84. The molecule has 1 heterocycles. The molecule has 0 atom stereocenters. The van der Waals surface area contributed by atoms with Gasteiger partial charge >= 0.3 is 0 Å². The monoisotopic (exact) mass is 346 g/mol. The van der Waals surface area contributed by atoms with E-state index in [1.165, 1.54) is 31.4 Å². The molecule has 108 valence electrons. The third-order valence-electron chi connectivity index (χ3n) is 2.70. The quantitative estimate of drug-likeness (QED) is 0.627. The molecule has 1 aromatic heterocycles. The van der Waals surface area contributed by atoms with Crippen molar-refractivity contribution in [1.82, 2.24) is 9.97 Å². The highest BCUT2D eigenvalue weighted by atomic mass is 79.9. The molecule has 0 aliphatic carbocycles. The number of halogens is 1. The zero-order valence-corrected chi connectivity index (χ0v) is 14.1. The van der Waals surface area contributed by atoms with E-state index in [0.717, 1.165) is 29.2 Å². The number of hydrogen-bond acceptors (Lipinski definition) is 5. The van der Waals surface area contributed by atoms with E-state index < -0.39 is 0 Å². The van der Waals surface area contributed by atoms with Gasteiger partial charge in [-0.15, -0.1) is 0 Å². The normalized spacial score (nSPS) is 10.5. The molecular formula is C13H23BrN4S. The standard InChI is InChI=1S/C13H23BrN4S/c1-3-15-12-11(14)13(18-10-17-12)16-8-6-4-5-7-9-19-2/h10H,3-9H2,1-2H3,(H2,15,16,17,18). The molecule has 0 saturated heterocycles. The number of nitrogens with one attached hydrogen (secondary N) is 2. The van der Waals surface area contributed by atoms with Crippen molar-refractivity contribution >= 4 is 39.3 Å². The molecule has 1 rings (SSSR count). The van der Waals surface area contributed by atoms with Crippen molar-refractivity contribution < 1.29 is 0 Å². The van der Waals surface area contributed by atoms with Gasteiger partial charge in [0.05, 0.1) is 0 Å². The molecule has 1 aromatic rings. The summed E-state index contributed by atoms with van der Waals surface area (Å²) in [4.78, 5) is 8.45. The van der Waals surface area contributed by atoms with Crippen LogP contribution < -0.4 is 10.6 Å². The first-order valence-corrected chi connectivity index (χ1v) is 8.95. The van der Waals surface area contributed by atoms with Crippen molar-refractivity contribution in [3.63, 3.8) is 0 Å². The maximum Gasteiger partial charge on any atom is 0.145 e. The molecule has 2 N–H and O–H groups in total. The Kier molecular flexibility index (Phi) is 8.99. The molecule has 0 aromatic carbocycles. The number of rotatable bonds is 10. The van der Waals surface area contributed by atoms with Gasteiger partial charge < -0.3 is 10.6 Å².